The van der Waals surface area contributed by atoms with Gasteiger partial charge in [0.2, 0.25) is 0 Å². The first-order chi connectivity index (χ1) is 10.4. The smallest absolute Gasteiger partial charge is 0.167 e. The lowest BCUT2D eigenvalue weighted by Gasteiger charge is -2.08. The molecule has 2 N–H and O–H groups in total. The molecule has 0 fully saturated rings. The Morgan fingerprint density at radius 1 is 1.27 bits per heavy atom. The summed E-state index contributed by atoms with van der Waals surface area (Å²) in [4.78, 5) is 16.5. The van der Waals surface area contributed by atoms with E-state index in [2.05, 4.69) is 4.99 Å². The molecule has 1 heterocycles. The molecular weight excluding hydrogens is 310 g/mol. The van der Waals surface area contributed by atoms with Crippen LogP contribution in [0.1, 0.15) is 21.5 Å². The van der Waals surface area contributed by atoms with E-state index in [4.69, 9.17) is 17.3 Å². The topological polar surface area (TPSA) is 55.4 Å². The maximum atomic E-state index is 13.6. The number of rotatable bonds is 3. The number of nitrogens with zero attached hydrogens (tertiary/aromatic N) is 1. The molecule has 1 aliphatic rings. The lowest BCUT2D eigenvalue weighted by Crippen LogP contribution is -2.13. The van der Waals surface area contributed by atoms with Gasteiger partial charge < -0.3 is 5.73 Å². The van der Waals surface area contributed by atoms with Crippen molar-refractivity contribution in [3.05, 3.63) is 63.7 Å². The normalized spacial score (nSPS) is 13.0. The van der Waals surface area contributed by atoms with Crippen molar-refractivity contribution in [2.75, 3.05) is 0 Å². The third-order valence-corrected chi connectivity index (χ3v) is 3.75. The lowest BCUT2D eigenvalue weighted by molar-refractivity contribution is 0.0992. The SMILES string of the molecule is NC1=Nc2cc(F)cc(C(=O)Cc3ccc(F)c(Cl)c3)c2C1. The molecule has 0 aliphatic carbocycles. The molecule has 0 unspecified atom stereocenters. The molecule has 0 amide bonds. The number of aliphatic imine (C=N–C) groups is 1. The van der Waals surface area contributed by atoms with Crippen LogP contribution in [0, 0.1) is 11.6 Å². The Labute approximate surface area is 130 Å². The fraction of sp³-hybridized carbons (Fsp3) is 0.125. The van der Waals surface area contributed by atoms with E-state index in [1.165, 1.54) is 30.3 Å². The van der Waals surface area contributed by atoms with E-state index in [1.54, 1.807) is 0 Å². The van der Waals surface area contributed by atoms with E-state index in [9.17, 15) is 13.6 Å². The lowest BCUT2D eigenvalue weighted by atomic mass is 9.96. The average molecular weight is 321 g/mol. The van der Waals surface area contributed by atoms with E-state index >= 15 is 0 Å². The minimum absolute atomic E-state index is 0.00417. The molecule has 0 radical (unpaired) electrons. The summed E-state index contributed by atoms with van der Waals surface area (Å²) in [5, 5.41) is -0.0534. The highest BCUT2D eigenvalue weighted by atomic mass is 35.5. The summed E-state index contributed by atoms with van der Waals surface area (Å²) in [7, 11) is 0. The van der Waals surface area contributed by atoms with Gasteiger partial charge in [-0.25, -0.2) is 13.8 Å². The van der Waals surface area contributed by atoms with Crippen molar-refractivity contribution >= 4 is 28.9 Å². The van der Waals surface area contributed by atoms with E-state index in [0.29, 0.717) is 29.1 Å². The van der Waals surface area contributed by atoms with Crippen LogP contribution in [0.4, 0.5) is 14.5 Å². The number of carbonyl (C=O) groups is 1. The van der Waals surface area contributed by atoms with Gasteiger partial charge in [-0.15, -0.1) is 0 Å². The number of ketones is 1. The summed E-state index contributed by atoms with van der Waals surface area (Å²) in [5.74, 6) is -1.04. The minimum atomic E-state index is -0.550. The van der Waals surface area contributed by atoms with Gasteiger partial charge in [0.1, 0.15) is 17.5 Å². The van der Waals surface area contributed by atoms with Crippen molar-refractivity contribution < 1.29 is 13.6 Å². The van der Waals surface area contributed by atoms with Gasteiger partial charge >= 0.3 is 0 Å². The van der Waals surface area contributed by atoms with Crippen LogP contribution in [0.2, 0.25) is 5.02 Å². The molecule has 6 heteroatoms. The predicted octanol–water partition coefficient (Wildman–Crippen LogP) is 3.59. The molecule has 0 bridgehead atoms. The largest absolute Gasteiger partial charge is 0.387 e. The van der Waals surface area contributed by atoms with Gasteiger partial charge in [-0.05, 0) is 35.4 Å². The third-order valence-electron chi connectivity index (χ3n) is 3.46. The Kier molecular flexibility index (Phi) is 3.66. The molecule has 2 aromatic carbocycles. The Morgan fingerprint density at radius 3 is 2.77 bits per heavy atom. The van der Waals surface area contributed by atoms with Gasteiger partial charge in [0.15, 0.2) is 5.78 Å². The maximum absolute atomic E-state index is 13.6. The zero-order valence-electron chi connectivity index (χ0n) is 11.4. The molecule has 2 aromatic rings. The first-order valence-corrected chi connectivity index (χ1v) is 6.94. The summed E-state index contributed by atoms with van der Waals surface area (Å²) in [5.41, 5.74) is 7.47. The molecule has 0 saturated heterocycles. The van der Waals surface area contributed by atoms with Gasteiger partial charge in [-0.2, -0.15) is 0 Å². The van der Waals surface area contributed by atoms with E-state index < -0.39 is 11.6 Å². The Bertz CT molecular complexity index is 818. The number of nitrogens with two attached hydrogens (primary N) is 1. The molecule has 1 aliphatic heterocycles. The number of halogens is 3. The Balaban J connectivity index is 1.92. The quantitative estimate of drug-likeness (QED) is 0.879. The van der Waals surface area contributed by atoms with E-state index in [-0.39, 0.29) is 22.8 Å². The molecule has 3 rings (SSSR count). The second kappa shape index (κ2) is 5.50. The average Bonchev–Trinajstić information content (AvgIpc) is 2.82. The summed E-state index contributed by atoms with van der Waals surface area (Å²) < 4.78 is 26.8. The molecule has 22 heavy (non-hydrogen) atoms. The zero-order valence-corrected chi connectivity index (χ0v) is 12.1. The summed E-state index contributed by atoms with van der Waals surface area (Å²) >= 11 is 5.70. The van der Waals surface area contributed by atoms with Crippen LogP contribution in [0.25, 0.3) is 0 Å². The summed E-state index contributed by atoms with van der Waals surface area (Å²) in [6.07, 6.45) is 0.316. The van der Waals surface area contributed by atoms with Crippen molar-refractivity contribution in [1.29, 1.82) is 0 Å². The second-order valence-electron chi connectivity index (χ2n) is 5.08. The van der Waals surface area contributed by atoms with Gasteiger partial charge in [0.25, 0.3) is 0 Å². The standard InChI is InChI=1S/C16H11ClF2N2O/c17-12-3-8(1-2-13(12)19)4-15(22)11-5-9(18)6-14-10(11)7-16(20)21-14/h1-3,5-6H,4,7H2,(H2,20,21). The maximum Gasteiger partial charge on any atom is 0.167 e. The highest BCUT2D eigenvalue weighted by Gasteiger charge is 2.22. The second-order valence-corrected chi connectivity index (χ2v) is 5.49. The van der Waals surface area contributed by atoms with Crippen molar-refractivity contribution in [2.24, 2.45) is 10.7 Å². The van der Waals surface area contributed by atoms with Crippen LogP contribution in [-0.4, -0.2) is 11.6 Å². The third kappa shape index (κ3) is 2.72. The minimum Gasteiger partial charge on any atom is -0.387 e. The number of hydrogen-bond donors (Lipinski definition) is 1. The van der Waals surface area contributed by atoms with Crippen LogP contribution < -0.4 is 5.73 Å². The number of benzene rings is 2. The van der Waals surface area contributed by atoms with Crippen LogP contribution in [0.5, 0.6) is 0 Å². The van der Waals surface area contributed by atoms with Crippen molar-refractivity contribution in [1.82, 2.24) is 0 Å². The van der Waals surface area contributed by atoms with E-state index in [1.807, 2.05) is 0 Å². The number of amidine groups is 1. The first kappa shape index (κ1) is 14.7. The van der Waals surface area contributed by atoms with Crippen molar-refractivity contribution in [3.8, 4) is 0 Å². The fourth-order valence-electron chi connectivity index (χ4n) is 2.46. The first-order valence-electron chi connectivity index (χ1n) is 6.56. The van der Waals surface area contributed by atoms with Gasteiger partial charge in [-0.3, -0.25) is 4.79 Å². The summed E-state index contributed by atoms with van der Waals surface area (Å²) in [6.45, 7) is 0. The fourth-order valence-corrected chi connectivity index (χ4v) is 2.67. The number of Topliss-reactive ketones (excluding diaryl/α,β-unsaturated/α-hetero) is 1. The molecule has 0 aromatic heterocycles. The number of carbonyl (C=O) groups excluding carboxylic acids is 1. The van der Waals surface area contributed by atoms with Gasteiger partial charge in [-0.1, -0.05) is 17.7 Å². The predicted molar refractivity (Wildman–Crippen MR) is 80.8 cm³/mol. The Hall–Kier alpha value is -2.27. The number of fused-ring (bicyclic) bond motifs is 1. The summed E-state index contributed by atoms with van der Waals surface area (Å²) in [6, 6.07) is 6.49. The molecule has 0 saturated carbocycles. The van der Waals surface area contributed by atoms with Gasteiger partial charge in [0, 0.05) is 18.4 Å². The molecular formula is C16H11ClF2N2O. The van der Waals surface area contributed by atoms with Crippen molar-refractivity contribution in [2.45, 2.75) is 12.8 Å². The number of hydrogen-bond acceptors (Lipinski definition) is 3. The Morgan fingerprint density at radius 2 is 2.05 bits per heavy atom. The van der Waals surface area contributed by atoms with Crippen molar-refractivity contribution in [3.63, 3.8) is 0 Å². The van der Waals surface area contributed by atoms with Crippen LogP contribution in [0.3, 0.4) is 0 Å². The molecule has 3 nitrogen and oxygen atoms in total. The van der Waals surface area contributed by atoms with Gasteiger partial charge in [0.05, 0.1) is 10.7 Å². The van der Waals surface area contributed by atoms with Crippen LogP contribution in [-0.2, 0) is 12.8 Å². The zero-order chi connectivity index (χ0) is 15.9. The van der Waals surface area contributed by atoms with Crippen LogP contribution in [0.15, 0.2) is 35.3 Å². The van der Waals surface area contributed by atoms with Crippen LogP contribution >= 0.6 is 11.6 Å². The molecule has 112 valence electrons. The monoisotopic (exact) mass is 320 g/mol. The molecule has 0 atom stereocenters. The highest BCUT2D eigenvalue weighted by molar-refractivity contribution is 6.30. The molecule has 0 spiro atoms. The van der Waals surface area contributed by atoms with E-state index in [0.717, 1.165) is 0 Å². The highest BCUT2D eigenvalue weighted by Crippen LogP contribution is 2.31.